The molecule has 3 rings (SSSR count). The van der Waals surface area contributed by atoms with Crippen molar-refractivity contribution < 1.29 is 23.5 Å². The fourth-order valence-electron chi connectivity index (χ4n) is 2.32. The van der Waals surface area contributed by atoms with E-state index in [0.29, 0.717) is 10.7 Å². The van der Waals surface area contributed by atoms with E-state index in [0.717, 1.165) is 0 Å². The van der Waals surface area contributed by atoms with Gasteiger partial charge in [-0.2, -0.15) is 0 Å². The second-order valence-electron chi connectivity index (χ2n) is 5.58. The third-order valence-electron chi connectivity index (χ3n) is 3.62. The molecule has 2 aromatic carbocycles. The Labute approximate surface area is 165 Å². The van der Waals surface area contributed by atoms with Crippen molar-refractivity contribution in [3.63, 3.8) is 0 Å². The summed E-state index contributed by atoms with van der Waals surface area (Å²) in [5, 5.41) is 5.50. The van der Waals surface area contributed by atoms with Crippen LogP contribution in [-0.2, 0) is 9.53 Å². The van der Waals surface area contributed by atoms with Crippen LogP contribution in [0.25, 0.3) is 0 Å². The van der Waals surface area contributed by atoms with E-state index in [4.69, 9.17) is 20.8 Å². The minimum Gasteiger partial charge on any atom is -0.459 e. The van der Waals surface area contributed by atoms with Crippen molar-refractivity contribution in [1.29, 1.82) is 0 Å². The Morgan fingerprint density at radius 3 is 2.32 bits per heavy atom. The highest BCUT2D eigenvalue weighted by Crippen LogP contribution is 2.21. The second-order valence-corrected chi connectivity index (χ2v) is 5.99. The lowest BCUT2D eigenvalue weighted by Gasteiger charge is -2.11. The molecule has 0 saturated heterocycles. The number of rotatable bonds is 6. The number of esters is 1. The summed E-state index contributed by atoms with van der Waals surface area (Å²) in [5.74, 6) is -1.72. The number of anilines is 2. The highest BCUT2D eigenvalue weighted by atomic mass is 35.5. The lowest BCUT2D eigenvalue weighted by Crippen LogP contribution is -2.22. The second kappa shape index (κ2) is 8.88. The number of para-hydroxylation sites is 2. The van der Waals surface area contributed by atoms with Crippen molar-refractivity contribution in [1.82, 2.24) is 0 Å². The molecule has 0 bridgehead atoms. The predicted octanol–water partition coefficient (Wildman–Crippen LogP) is 3.98. The van der Waals surface area contributed by atoms with Gasteiger partial charge in [-0.3, -0.25) is 9.59 Å². The largest absolute Gasteiger partial charge is 0.459 e. The van der Waals surface area contributed by atoms with Crippen molar-refractivity contribution >= 4 is 40.8 Å². The van der Waals surface area contributed by atoms with Crippen molar-refractivity contribution in [3.8, 4) is 0 Å². The summed E-state index contributed by atoms with van der Waals surface area (Å²) < 4.78 is 10.1. The van der Waals surface area contributed by atoms with E-state index in [1.807, 2.05) is 0 Å². The first-order valence-corrected chi connectivity index (χ1v) is 8.58. The lowest BCUT2D eigenvalue weighted by molar-refractivity contribution is -0.119. The van der Waals surface area contributed by atoms with Gasteiger partial charge in [0.1, 0.15) is 0 Å². The smallest absolute Gasteiger partial charge is 0.340 e. The van der Waals surface area contributed by atoms with Crippen LogP contribution in [0.1, 0.15) is 20.9 Å². The maximum Gasteiger partial charge on any atom is 0.340 e. The van der Waals surface area contributed by atoms with Gasteiger partial charge in [0, 0.05) is 0 Å². The van der Waals surface area contributed by atoms with Crippen LogP contribution in [-0.4, -0.2) is 24.4 Å². The molecule has 0 saturated carbocycles. The summed E-state index contributed by atoms with van der Waals surface area (Å²) >= 11 is 5.97. The number of furan rings is 1. The number of carbonyl (C=O) groups excluding carboxylic acids is 3. The normalized spacial score (nSPS) is 10.2. The molecule has 142 valence electrons. The molecule has 1 aromatic heterocycles. The van der Waals surface area contributed by atoms with E-state index in [2.05, 4.69) is 10.6 Å². The summed E-state index contributed by atoms with van der Waals surface area (Å²) in [6.07, 6.45) is 1.37. The predicted molar refractivity (Wildman–Crippen MR) is 103 cm³/mol. The zero-order valence-electron chi connectivity index (χ0n) is 14.5. The quantitative estimate of drug-likeness (QED) is 0.612. The molecule has 28 heavy (non-hydrogen) atoms. The van der Waals surface area contributed by atoms with Gasteiger partial charge in [-0.15, -0.1) is 0 Å². The van der Waals surface area contributed by atoms with E-state index >= 15 is 0 Å². The van der Waals surface area contributed by atoms with Crippen LogP contribution in [0.2, 0.25) is 5.02 Å². The molecular weight excluding hydrogens is 384 g/mol. The monoisotopic (exact) mass is 398 g/mol. The van der Waals surface area contributed by atoms with E-state index in [9.17, 15) is 14.4 Å². The summed E-state index contributed by atoms with van der Waals surface area (Å²) in [6, 6.07) is 16.1. The fraction of sp³-hybridized carbons (Fsp3) is 0.0500. The van der Waals surface area contributed by atoms with Gasteiger partial charge < -0.3 is 19.8 Å². The fourth-order valence-corrected chi connectivity index (χ4v) is 2.50. The zero-order chi connectivity index (χ0) is 19.9. The highest BCUT2D eigenvalue weighted by molar-refractivity contribution is 6.33. The first kappa shape index (κ1) is 19.2. The van der Waals surface area contributed by atoms with Crippen LogP contribution >= 0.6 is 11.6 Å². The molecule has 1 heterocycles. The van der Waals surface area contributed by atoms with Gasteiger partial charge in [0.2, 0.25) is 0 Å². The molecule has 0 spiro atoms. The Bertz CT molecular complexity index is 1000. The minimum atomic E-state index is -0.760. The standard InChI is InChI=1S/C20H15ClN2O5/c21-14-7-2-4-9-16(14)22-18(24)12-28-20(26)13-6-1-3-8-15(13)23-19(25)17-10-5-11-27-17/h1-11H,12H2,(H,22,24)(H,23,25). The highest BCUT2D eigenvalue weighted by Gasteiger charge is 2.17. The first-order valence-electron chi connectivity index (χ1n) is 8.20. The molecule has 0 radical (unpaired) electrons. The summed E-state index contributed by atoms with van der Waals surface area (Å²) in [5.41, 5.74) is 0.754. The van der Waals surface area contributed by atoms with Crippen LogP contribution < -0.4 is 10.6 Å². The molecule has 0 aliphatic carbocycles. The van der Waals surface area contributed by atoms with E-state index in [1.54, 1.807) is 48.5 Å². The van der Waals surface area contributed by atoms with E-state index < -0.39 is 24.4 Å². The number of hydrogen-bond acceptors (Lipinski definition) is 5. The van der Waals surface area contributed by atoms with Gasteiger partial charge in [0.25, 0.3) is 11.8 Å². The van der Waals surface area contributed by atoms with Gasteiger partial charge in [0.15, 0.2) is 12.4 Å². The molecule has 0 aliphatic rings. The summed E-state index contributed by atoms with van der Waals surface area (Å²) in [4.78, 5) is 36.5. The van der Waals surface area contributed by atoms with Crippen LogP contribution in [0.15, 0.2) is 71.3 Å². The van der Waals surface area contributed by atoms with Gasteiger partial charge in [-0.05, 0) is 36.4 Å². The van der Waals surface area contributed by atoms with Crippen LogP contribution in [0, 0.1) is 0 Å². The van der Waals surface area contributed by atoms with Gasteiger partial charge in [-0.1, -0.05) is 35.9 Å². The van der Waals surface area contributed by atoms with Gasteiger partial charge in [-0.25, -0.2) is 4.79 Å². The minimum absolute atomic E-state index is 0.0993. The Morgan fingerprint density at radius 2 is 1.61 bits per heavy atom. The van der Waals surface area contributed by atoms with Crippen molar-refractivity contribution in [3.05, 3.63) is 83.3 Å². The first-order chi connectivity index (χ1) is 13.5. The number of benzene rings is 2. The van der Waals surface area contributed by atoms with Crippen LogP contribution in [0.3, 0.4) is 0 Å². The molecule has 8 heteroatoms. The SMILES string of the molecule is O=C(COC(=O)c1ccccc1NC(=O)c1ccco1)Nc1ccccc1Cl. The molecule has 0 fully saturated rings. The molecule has 0 unspecified atom stereocenters. The average molecular weight is 399 g/mol. The van der Waals surface area contributed by atoms with Gasteiger partial charge >= 0.3 is 5.97 Å². The number of nitrogens with one attached hydrogen (secondary N) is 2. The molecule has 0 aliphatic heterocycles. The average Bonchev–Trinajstić information content (AvgIpc) is 3.23. The Balaban J connectivity index is 1.62. The van der Waals surface area contributed by atoms with Crippen molar-refractivity contribution in [2.45, 2.75) is 0 Å². The third-order valence-corrected chi connectivity index (χ3v) is 3.95. The zero-order valence-corrected chi connectivity index (χ0v) is 15.2. The molecule has 2 N–H and O–H groups in total. The Kier molecular flexibility index (Phi) is 6.08. The molecule has 7 nitrogen and oxygen atoms in total. The molecule has 0 atom stereocenters. The van der Waals surface area contributed by atoms with Crippen LogP contribution in [0.4, 0.5) is 11.4 Å². The van der Waals surface area contributed by atoms with Gasteiger partial charge in [0.05, 0.1) is 28.2 Å². The number of halogens is 1. The van der Waals surface area contributed by atoms with Crippen LogP contribution in [0.5, 0.6) is 0 Å². The number of hydrogen-bond donors (Lipinski definition) is 2. The summed E-state index contributed by atoms with van der Waals surface area (Å²) in [6.45, 7) is -0.509. The molecular formula is C20H15ClN2O5. The maximum atomic E-state index is 12.4. The Morgan fingerprint density at radius 1 is 0.893 bits per heavy atom. The number of ether oxygens (including phenoxy) is 1. The Hall–Kier alpha value is -3.58. The number of amides is 2. The molecule has 3 aromatic rings. The maximum absolute atomic E-state index is 12.4. The van der Waals surface area contributed by atoms with Crippen molar-refractivity contribution in [2.24, 2.45) is 0 Å². The summed E-state index contributed by atoms with van der Waals surface area (Å²) in [7, 11) is 0. The third kappa shape index (κ3) is 4.77. The number of carbonyl (C=O) groups is 3. The molecule has 2 amide bonds. The van der Waals surface area contributed by atoms with Crippen molar-refractivity contribution in [2.75, 3.05) is 17.2 Å². The lowest BCUT2D eigenvalue weighted by atomic mass is 10.1. The van der Waals surface area contributed by atoms with E-state index in [1.165, 1.54) is 18.4 Å². The topological polar surface area (TPSA) is 97.6 Å². The van der Waals surface area contributed by atoms with E-state index in [-0.39, 0.29) is 17.0 Å².